The molecule has 1 amide bonds. The first kappa shape index (κ1) is 16.6. The number of nitrogens with zero attached hydrogens (tertiary/aromatic N) is 2. The van der Waals surface area contributed by atoms with Gasteiger partial charge in [0, 0.05) is 0 Å². The highest BCUT2D eigenvalue weighted by Gasteiger charge is 2.13. The van der Waals surface area contributed by atoms with Gasteiger partial charge in [-0.05, 0) is 29.8 Å². The molecule has 3 aromatic rings. The van der Waals surface area contributed by atoms with E-state index in [4.69, 9.17) is 9.26 Å². The fourth-order valence-electron chi connectivity index (χ4n) is 2.29. The van der Waals surface area contributed by atoms with Crippen LogP contribution in [0.5, 0.6) is 5.75 Å². The smallest absolute Gasteiger partial charge is 0.246 e. The van der Waals surface area contributed by atoms with Gasteiger partial charge < -0.3 is 14.6 Å². The van der Waals surface area contributed by atoms with Crippen molar-refractivity contribution in [2.24, 2.45) is 0 Å². The Morgan fingerprint density at radius 3 is 2.72 bits per heavy atom. The van der Waals surface area contributed by atoms with Crippen LogP contribution in [0.25, 0.3) is 11.4 Å². The van der Waals surface area contributed by atoms with E-state index < -0.39 is 0 Å². The number of carbonyl (C=O) groups excluding carboxylic acids is 1. The fourth-order valence-corrected chi connectivity index (χ4v) is 2.29. The van der Waals surface area contributed by atoms with Crippen molar-refractivity contribution in [1.29, 1.82) is 0 Å². The molecule has 3 rings (SSSR count). The monoisotopic (exact) mass is 341 g/mol. The zero-order valence-electron chi connectivity index (χ0n) is 13.5. The lowest BCUT2D eigenvalue weighted by Crippen LogP contribution is -2.24. The van der Waals surface area contributed by atoms with Gasteiger partial charge in [0.05, 0.1) is 25.6 Å². The maximum absolute atomic E-state index is 12.9. The molecular weight excluding hydrogens is 325 g/mol. The molecule has 0 radical (unpaired) electrons. The minimum atomic E-state index is -0.334. The van der Waals surface area contributed by atoms with Gasteiger partial charge in [0.25, 0.3) is 0 Å². The van der Waals surface area contributed by atoms with Crippen LogP contribution >= 0.6 is 0 Å². The third-order valence-electron chi connectivity index (χ3n) is 3.53. The Labute approximate surface area is 143 Å². The molecule has 0 bridgehead atoms. The fraction of sp³-hybridized carbons (Fsp3) is 0.167. The normalized spacial score (nSPS) is 10.5. The first-order valence-electron chi connectivity index (χ1n) is 7.63. The second-order valence-electron chi connectivity index (χ2n) is 5.29. The van der Waals surface area contributed by atoms with Crippen molar-refractivity contribution >= 4 is 5.91 Å². The summed E-state index contributed by atoms with van der Waals surface area (Å²) in [6.07, 6.45) is 0.147. The number of methoxy groups -OCH3 is 1. The quantitative estimate of drug-likeness (QED) is 0.746. The zero-order chi connectivity index (χ0) is 17.6. The summed E-state index contributed by atoms with van der Waals surface area (Å²) in [5, 5.41) is 6.60. The lowest BCUT2D eigenvalue weighted by Gasteiger charge is -2.03. The molecule has 0 fully saturated rings. The number of amides is 1. The van der Waals surface area contributed by atoms with Crippen LogP contribution < -0.4 is 10.1 Å². The molecule has 0 atom stereocenters. The maximum Gasteiger partial charge on any atom is 0.246 e. The number of hydrogen-bond acceptors (Lipinski definition) is 5. The molecule has 6 nitrogen and oxygen atoms in total. The highest BCUT2D eigenvalue weighted by molar-refractivity contribution is 5.78. The first-order chi connectivity index (χ1) is 12.2. The van der Waals surface area contributed by atoms with E-state index in [0.29, 0.717) is 17.1 Å². The van der Waals surface area contributed by atoms with Crippen molar-refractivity contribution < 1.29 is 18.4 Å². The lowest BCUT2D eigenvalue weighted by atomic mass is 10.1. The number of carbonyl (C=O) groups is 1. The van der Waals surface area contributed by atoms with E-state index in [2.05, 4.69) is 15.5 Å². The average Bonchev–Trinajstić information content (AvgIpc) is 3.11. The van der Waals surface area contributed by atoms with Crippen LogP contribution in [0, 0.1) is 5.82 Å². The van der Waals surface area contributed by atoms with Crippen LogP contribution in [0.15, 0.2) is 53.1 Å². The molecule has 0 aliphatic heterocycles. The summed E-state index contributed by atoms with van der Waals surface area (Å²) in [5.41, 5.74) is 1.43. The minimum absolute atomic E-state index is 0.113. The predicted octanol–water partition coefficient (Wildman–Crippen LogP) is 2.74. The van der Waals surface area contributed by atoms with E-state index in [-0.39, 0.29) is 30.6 Å². The van der Waals surface area contributed by atoms with E-state index >= 15 is 0 Å². The molecule has 1 heterocycles. The molecule has 128 valence electrons. The number of benzene rings is 2. The molecule has 1 N–H and O–H groups in total. The highest BCUT2D eigenvalue weighted by Crippen LogP contribution is 2.26. The molecule has 2 aromatic carbocycles. The van der Waals surface area contributed by atoms with Crippen LogP contribution in [-0.4, -0.2) is 23.2 Å². The number of rotatable bonds is 6. The molecule has 0 saturated carbocycles. The summed E-state index contributed by atoms with van der Waals surface area (Å²) in [6, 6.07) is 13.1. The van der Waals surface area contributed by atoms with Gasteiger partial charge >= 0.3 is 0 Å². The summed E-state index contributed by atoms with van der Waals surface area (Å²) in [6.45, 7) is 0.113. The number of aromatic nitrogens is 2. The SMILES string of the molecule is COc1ccccc1-c1noc(CNC(=O)Cc2ccc(F)cc2)n1. The van der Waals surface area contributed by atoms with Gasteiger partial charge in [0.1, 0.15) is 11.6 Å². The van der Waals surface area contributed by atoms with Gasteiger partial charge in [0.15, 0.2) is 0 Å². The Kier molecular flexibility index (Phi) is 5.03. The van der Waals surface area contributed by atoms with E-state index in [1.807, 2.05) is 18.2 Å². The van der Waals surface area contributed by atoms with Crippen molar-refractivity contribution in [1.82, 2.24) is 15.5 Å². The molecule has 0 spiro atoms. The summed E-state index contributed by atoms with van der Waals surface area (Å²) < 4.78 is 23.3. The van der Waals surface area contributed by atoms with Crippen molar-refractivity contribution in [3.8, 4) is 17.1 Å². The van der Waals surface area contributed by atoms with Crippen LogP contribution in [0.1, 0.15) is 11.5 Å². The molecule has 0 saturated heterocycles. The average molecular weight is 341 g/mol. The molecule has 0 aliphatic rings. The van der Waals surface area contributed by atoms with Crippen molar-refractivity contribution in [2.45, 2.75) is 13.0 Å². The minimum Gasteiger partial charge on any atom is -0.496 e. The second-order valence-corrected chi connectivity index (χ2v) is 5.29. The molecule has 0 unspecified atom stereocenters. The summed E-state index contributed by atoms with van der Waals surface area (Å²) in [4.78, 5) is 16.2. The lowest BCUT2D eigenvalue weighted by molar-refractivity contribution is -0.120. The number of ether oxygens (including phenoxy) is 1. The number of hydrogen-bond donors (Lipinski definition) is 1. The van der Waals surface area contributed by atoms with Crippen molar-refractivity contribution in [3.05, 3.63) is 65.8 Å². The summed E-state index contributed by atoms with van der Waals surface area (Å²) >= 11 is 0. The Morgan fingerprint density at radius 2 is 1.96 bits per heavy atom. The second kappa shape index (κ2) is 7.57. The van der Waals surface area contributed by atoms with Crippen molar-refractivity contribution in [3.63, 3.8) is 0 Å². The van der Waals surface area contributed by atoms with Gasteiger partial charge in [-0.25, -0.2) is 4.39 Å². The van der Waals surface area contributed by atoms with Gasteiger partial charge in [-0.1, -0.05) is 29.4 Å². The Morgan fingerprint density at radius 1 is 1.20 bits per heavy atom. The van der Waals surface area contributed by atoms with Gasteiger partial charge in [-0.2, -0.15) is 4.98 Å². The largest absolute Gasteiger partial charge is 0.496 e. The third-order valence-corrected chi connectivity index (χ3v) is 3.53. The Hall–Kier alpha value is -3.22. The van der Waals surface area contributed by atoms with Gasteiger partial charge in [0.2, 0.25) is 17.6 Å². The van der Waals surface area contributed by atoms with Crippen LogP contribution in [-0.2, 0) is 17.8 Å². The maximum atomic E-state index is 12.9. The topological polar surface area (TPSA) is 77.3 Å². The molecule has 25 heavy (non-hydrogen) atoms. The van der Waals surface area contributed by atoms with Crippen LogP contribution in [0.4, 0.5) is 4.39 Å². The number of halogens is 1. The summed E-state index contributed by atoms with van der Waals surface area (Å²) in [5.74, 6) is 0.756. The van der Waals surface area contributed by atoms with Crippen molar-refractivity contribution in [2.75, 3.05) is 7.11 Å². The molecule has 0 aliphatic carbocycles. The standard InChI is InChI=1S/C18H16FN3O3/c1-24-15-5-3-2-4-14(15)18-21-17(25-22-18)11-20-16(23)10-12-6-8-13(19)9-7-12/h2-9H,10-11H2,1H3,(H,20,23). The summed E-state index contributed by atoms with van der Waals surface area (Å²) in [7, 11) is 1.56. The Bertz CT molecular complexity index is 862. The van der Waals surface area contributed by atoms with Crippen LogP contribution in [0.3, 0.4) is 0 Å². The van der Waals surface area contributed by atoms with E-state index in [1.165, 1.54) is 12.1 Å². The van der Waals surface area contributed by atoms with E-state index in [9.17, 15) is 9.18 Å². The predicted molar refractivity (Wildman–Crippen MR) is 88.2 cm³/mol. The zero-order valence-corrected chi connectivity index (χ0v) is 13.5. The molecule has 7 heteroatoms. The Balaban J connectivity index is 1.60. The van der Waals surface area contributed by atoms with Crippen LogP contribution in [0.2, 0.25) is 0 Å². The highest BCUT2D eigenvalue weighted by atomic mass is 19.1. The number of nitrogens with one attached hydrogen (secondary N) is 1. The molecule has 1 aromatic heterocycles. The number of para-hydroxylation sites is 1. The first-order valence-corrected chi connectivity index (χ1v) is 7.63. The third kappa shape index (κ3) is 4.20. The van der Waals surface area contributed by atoms with E-state index in [0.717, 1.165) is 5.56 Å². The van der Waals surface area contributed by atoms with E-state index in [1.54, 1.807) is 25.3 Å². The molecular formula is C18H16FN3O3. The van der Waals surface area contributed by atoms with Gasteiger partial charge in [-0.15, -0.1) is 0 Å². The van der Waals surface area contributed by atoms with Gasteiger partial charge in [-0.3, -0.25) is 4.79 Å².